The van der Waals surface area contributed by atoms with Crippen LogP contribution in [0.3, 0.4) is 0 Å². The molecule has 0 saturated carbocycles. The average Bonchev–Trinajstić information content (AvgIpc) is 2.54. The van der Waals surface area contributed by atoms with E-state index in [9.17, 15) is 0 Å². The van der Waals surface area contributed by atoms with Crippen molar-refractivity contribution in [1.29, 1.82) is 0 Å². The zero-order chi connectivity index (χ0) is 26.1. The fourth-order valence-electron chi connectivity index (χ4n) is 3.96. The van der Waals surface area contributed by atoms with E-state index in [4.69, 9.17) is 0 Å². The van der Waals surface area contributed by atoms with Gasteiger partial charge < -0.3 is 24.7 Å². The summed E-state index contributed by atoms with van der Waals surface area (Å²) in [6.45, 7) is 30.3. The van der Waals surface area contributed by atoms with E-state index < -0.39 is 0 Å². The van der Waals surface area contributed by atoms with Gasteiger partial charge in [-0.3, -0.25) is 0 Å². The van der Waals surface area contributed by atoms with Gasteiger partial charge in [0.1, 0.15) is 0 Å². The van der Waals surface area contributed by atoms with E-state index >= 15 is 0 Å². The van der Waals surface area contributed by atoms with Gasteiger partial charge >= 0.3 is 31.1 Å². The molecule has 0 aromatic heterocycles. The molecule has 0 heterocycles. The Labute approximate surface area is 227 Å². The summed E-state index contributed by atoms with van der Waals surface area (Å²) < 4.78 is 4.11. The monoisotopic (exact) mass is 783 g/mol. The van der Waals surface area contributed by atoms with Gasteiger partial charge in [0.15, 0.2) is 0 Å². The van der Waals surface area contributed by atoms with Crippen molar-refractivity contribution in [3.8, 4) is 0 Å². The van der Waals surface area contributed by atoms with Crippen LogP contribution >= 0.6 is 44.9 Å². The molecule has 0 fully saturated rings. The average molecular weight is 785 g/mol. The van der Waals surface area contributed by atoms with E-state index in [1.165, 1.54) is 0 Å². The summed E-state index contributed by atoms with van der Waals surface area (Å²) in [4.78, 5) is 0. The third-order valence-corrected chi connectivity index (χ3v) is 12.7. The SMILES string of the molecule is CC(C)P(C(C)C)C(C)C.CC(C)P(C(C)C)C(C)C.C[N+](C)=[B-][B-](Br)=[N+](C)C.[Br][Pt]. The second-order valence-corrected chi connectivity index (χ2v) is 18.8. The molecular weight excluding hydrogens is 731 g/mol. The Morgan fingerprint density at radius 2 is 0.774 bits per heavy atom. The summed E-state index contributed by atoms with van der Waals surface area (Å²) in [5.74, 6) is 0. The minimum absolute atomic E-state index is 0.262. The standard InChI is InChI=1S/2C9H21P.C4H12B2BrN2.BrH.Pt/c2*1-7(2)10(8(3)4)9(5)6;1-8(2)5-6(7)9(3)4;;/h2*7-9H,1-6H3;1-4H3;1H;/q;;;;+1/p-1. The van der Waals surface area contributed by atoms with Gasteiger partial charge in [0.05, 0.1) is 33.4 Å². The van der Waals surface area contributed by atoms with E-state index in [0.717, 1.165) is 34.0 Å². The molecule has 0 saturated heterocycles. The third kappa shape index (κ3) is 25.1. The van der Waals surface area contributed by atoms with E-state index in [-0.39, 0.29) is 15.8 Å². The molecule has 0 aliphatic carbocycles. The molecule has 1 radical (unpaired) electrons. The van der Waals surface area contributed by atoms with Crippen LogP contribution in [0.5, 0.6) is 0 Å². The zero-order valence-corrected chi connectivity index (χ0v) is 30.7. The zero-order valence-electron chi connectivity index (χ0n) is 23.5. The van der Waals surface area contributed by atoms with Gasteiger partial charge in [0.2, 0.25) is 0 Å². The maximum atomic E-state index is 3.47. The molecule has 0 N–H and O–H groups in total. The summed E-state index contributed by atoms with van der Waals surface area (Å²) in [5, 5.41) is 0.340. The molecule has 0 spiro atoms. The van der Waals surface area contributed by atoms with Crippen LogP contribution in [0.25, 0.3) is 0 Å². The van der Waals surface area contributed by atoms with E-state index in [0.29, 0.717) is 5.22 Å². The first-order valence-electron chi connectivity index (χ1n) is 11.5. The van der Waals surface area contributed by atoms with Crippen LogP contribution in [0.2, 0.25) is 0 Å². The van der Waals surface area contributed by atoms with Crippen LogP contribution in [0.1, 0.15) is 83.1 Å². The van der Waals surface area contributed by atoms with Crippen LogP contribution in [0.4, 0.5) is 0 Å². The van der Waals surface area contributed by atoms with Crippen molar-refractivity contribution in [2.45, 2.75) is 117 Å². The van der Waals surface area contributed by atoms with Gasteiger partial charge in [0.25, 0.3) is 0 Å². The predicted octanol–water partition coefficient (Wildman–Crippen LogP) is 8.30. The third-order valence-electron chi connectivity index (χ3n) is 4.49. The molecule has 0 rings (SSSR count). The van der Waals surface area contributed by atoms with Gasteiger partial charge in [-0.2, -0.15) is 0 Å². The number of rotatable bonds is 7. The van der Waals surface area contributed by atoms with Crippen molar-refractivity contribution in [3.63, 3.8) is 0 Å². The maximum absolute atomic E-state index is 3.47. The summed E-state index contributed by atoms with van der Waals surface area (Å²) in [6, 6.07) is 0. The van der Waals surface area contributed by atoms with Crippen LogP contribution in [0, 0.1) is 0 Å². The molecule has 192 valence electrons. The molecule has 31 heavy (non-hydrogen) atoms. The summed E-state index contributed by atoms with van der Waals surface area (Å²) in [6.07, 6.45) is 0. The molecule has 9 heteroatoms. The van der Waals surface area contributed by atoms with Gasteiger partial charge in [-0.1, -0.05) is 106 Å². The molecule has 0 aliphatic rings. The van der Waals surface area contributed by atoms with Crippen molar-refractivity contribution in [1.82, 2.24) is 0 Å². The summed E-state index contributed by atoms with van der Waals surface area (Å²) >= 11 is 8.33. The molecule has 0 unspecified atom stereocenters. The van der Waals surface area contributed by atoms with E-state index in [1.54, 1.807) is 0 Å². The number of halogens is 2. The van der Waals surface area contributed by atoms with Crippen molar-refractivity contribution in [2.75, 3.05) is 28.2 Å². The first-order valence-corrected chi connectivity index (χ1v) is 20.4. The first-order chi connectivity index (χ1) is 14.0. The predicted molar refractivity (Wildman–Crippen MR) is 158 cm³/mol. The van der Waals surface area contributed by atoms with Crippen molar-refractivity contribution < 1.29 is 26.7 Å². The second-order valence-electron chi connectivity index (χ2n) is 9.91. The first kappa shape index (κ1) is 40.4. The molecule has 0 atom stereocenters. The molecular formula is C22H54B2Br2N2P2Pt. The van der Waals surface area contributed by atoms with Gasteiger partial charge in [0, 0.05) is 0 Å². The fraction of sp³-hybridized carbons (Fsp3) is 1.00. The Bertz CT molecular complexity index is 418. The number of hydrogen-bond donors (Lipinski definition) is 0. The molecule has 0 aromatic carbocycles. The van der Waals surface area contributed by atoms with Crippen molar-refractivity contribution in [3.05, 3.63) is 0 Å². The van der Waals surface area contributed by atoms with Crippen LogP contribution in [0.15, 0.2) is 0 Å². The molecule has 0 amide bonds. The van der Waals surface area contributed by atoms with E-state index in [2.05, 4.69) is 124 Å². The van der Waals surface area contributed by atoms with E-state index in [1.807, 2.05) is 50.4 Å². The quantitative estimate of drug-likeness (QED) is 0.181. The molecule has 0 aromatic rings. The summed E-state index contributed by atoms with van der Waals surface area (Å²) in [5.41, 5.74) is 5.39. The van der Waals surface area contributed by atoms with Gasteiger partial charge in [-0.15, -0.1) is 0 Å². The van der Waals surface area contributed by atoms with Crippen LogP contribution in [-0.4, -0.2) is 83.3 Å². The second kappa shape index (κ2) is 24.0. The Morgan fingerprint density at radius 3 is 0.806 bits per heavy atom. The Morgan fingerprint density at radius 1 is 0.581 bits per heavy atom. The molecule has 0 bridgehead atoms. The Hall–Kier alpha value is 2.24. The van der Waals surface area contributed by atoms with Crippen LogP contribution < -0.4 is 0 Å². The molecule has 0 aliphatic heterocycles. The number of hydrogen-bond acceptors (Lipinski definition) is 0. The topological polar surface area (TPSA) is 6.02 Å². The summed E-state index contributed by atoms with van der Waals surface area (Å²) in [7, 11) is 8.60. The van der Waals surface area contributed by atoms with Gasteiger partial charge in [-0.05, 0) is 34.0 Å². The van der Waals surface area contributed by atoms with Crippen molar-refractivity contribution in [2.24, 2.45) is 0 Å². The van der Waals surface area contributed by atoms with Gasteiger partial charge in [-0.25, -0.2) is 0 Å². The Balaban J connectivity index is -0.000000169. The fourth-order valence-corrected chi connectivity index (χ4v) is 11.6. The normalized spacial score (nSPS) is 10.8. The minimum atomic E-state index is 0.262. The number of nitrogens with zero attached hydrogens (tertiary/aromatic N) is 2. The Kier molecular flexibility index (Phi) is 31.2. The van der Waals surface area contributed by atoms with Crippen LogP contribution in [-0.2, 0) is 17.8 Å². The van der Waals surface area contributed by atoms with Crippen molar-refractivity contribution >= 4 is 57.1 Å². The molecule has 2 nitrogen and oxygen atoms in total.